The van der Waals surface area contributed by atoms with E-state index in [9.17, 15) is 14.9 Å². The monoisotopic (exact) mass is 314 g/mol. The van der Waals surface area contributed by atoms with Crippen LogP contribution in [0.3, 0.4) is 0 Å². The van der Waals surface area contributed by atoms with E-state index in [4.69, 9.17) is 4.74 Å². The second-order valence-corrected chi connectivity index (χ2v) is 5.35. The summed E-state index contributed by atoms with van der Waals surface area (Å²) in [6, 6.07) is 9.70. The first-order valence-electron chi connectivity index (χ1n) is 7.12. The molecule has 0 fully saturated rings. The van der Waals surface area contributed by atoms with Gasteiger partial charge in [-0.3, -0.25) is 14.9 Å². The zero-order chi connectivity index (χ0) is 17.0. The third kappa shape index (κ3) is 4.29. The number of carbonyl (C=O) groups is 1. The minimum atomic E-state index is -0.509. The van der Waals surface area contributed by atoms with Gasteiger partial charge in [-0.25, -0.2) is 0 Å². The predicted molar refractivity (Wildman–Crippen MR) is 87.9 cm³/mol. The lowest BCUT2D eigenvalue weighted by atomic mass is 10.1. The average Bonchev–Trinajstić information content (AvgIpc) is 2.49. The van der Waals surface area contributed by atoms with Crippen LogP contribution in [0.2, 0.25) is 0 Å². The molecule has 0 heterocycles. The van der Waals surface area contributed by atoms with E-state index >= 15 is 0 Å². The number of carbonyl (C=O) groups excluding carboxylic acids is 1. The molecule has 0 aliphatic carbocycles. The maximum atomic E-state index is 11.9. The van der Waals surface area contributed by atoms with E-state index in [-0.39, 0.29) is 18.2 Å². The van der Waals surface area contributed by atoms with Crippen molar-refractivity contribution in [1.82, 2.24) is 0 Å². The number of hydrogen-bond donors (Lipinski definition) is 1. The van der Waals surface area contributed by atoms with Crippen LogP contribution in [0.15, 0.2) is 36.4 Å². The van der Waals surface area contributed by atoms with Gasteiger partial charge >= 0.3 is 0 Å². The van der Waals surface area contributed by atoms with E-state index in [1.165, 1.54) is 18.2 Å². The van der Waals surface area contributed by atoms with Gasteiger partial charge in [0.05, 0.1) is 4.92 Å². The average molecular weight is 314 g/mol. The zero-order valence-electron chi connectivity index (χ0n) is 13.3. The van der Waals surface area contributed by atoms with Crippen LogP contribution in [0.1, 0.15) is 16.7 Å². The van der Waals surface area contributed by atoms with E-state index in [0.717, 1.165) is 16.7 Å². The molecule has 2 aromatic rings. The van der Waals surface area contributed by atoms with Crippen molar-refractivity contribution in [2.24, 2.45) is 0 Å². The first-order chi connectivity index (χ1) is 10.9. The Morgan fingerprint density at radius 3 is 2.65 bits per heavy atom. The molecule has 0 saturated heterocycles. The second-order valence-electron chi connectivity index (χ2n) is 5.35. The minimum Gasteiger partial charge on any atom is -0.483 e. The molecule has 0 aliphatic rings. The maximum absolute atomic E-state index is 11.9. The molecule has 0 spiro atoms. The highest BCUT2D eigenvalue weighted by Crippen LogP contribution is 2.23. The molecule has 2 rings (SSSR count). The normalized spacial score (nSPS) is 10.2. The molecular weight excluding hydrogens is 296 g/mol. The molecule has 0 aromatic heterocycles. The summed E-state index contributed by atoms with van der Waals surface area (Å²) in [7, 11) is 0. The number of nitro groups is 1. The van der Waals surface area contributed by atoms with Crippen LogP contribution < -0.4 is 10.1 Å². The lowest BCUT2D eigenvalue weighted by molar-refractivity contribution is -0.384. The number of ether oxygens (including phenoxy) is 1. The Morgan fingerprint density at radius 1 is 1.22 bits per heavy atom. The number of non-ortho nitro benzene ring substituents is 1. The number of benzene rings is 2. The van der Waals surface area contributed by atoms with Gasteiger partial charge in [-0.1, -0.05) is 12.1 Å². The van der Waals surface area contributed by atoms with Gasteiger partial charge in [0.25, 0.3) is 11.6 Å². The summed E-state index contributed by atoms with van der Waals surface area (Å²) in [4.78, 5) is 22.2. The number of hydrogen-bond acceptors (Lipinski definition) is 4. The summed E-state index contributed by atoms with van der Waals surface area (Å²) in [6.07, 6.45) is 0. The van der Waals surface area contributed by atoms with Crippen molar-refractivity contribution in [3.05, 3.63) is 63.2 Å². The van der Waals surface area contributed by atoms with E-state index < -0.39 is 4.92 Å². The number of nitrogens with zero attached hydrogens (tertiary/aromatic N) is 1. The van der Waals surface area contributed by atoms with Crippen molar-refractivity contribution in [2.75, 3.05) is 11.9 Å². The Bertz CT molecular complexity index is 756. The van der Waals surface area contributed by atoms with Crippen LogP contribution in [0.4, 0.5) is 11.4 Å². The highest BCUT2D eigenvalue weighted by molar-refractivity contribution is 5.92. The van der Waals surface area contributed by atoms with Gasteiger partial charge in [0, 0.05) is 17.8 Å². The first kappa shape index (κ1) is 16.5. The number of nitro benzene ring substituents is 1. The molecule has 1 amide bonds. The minimum absolute atomic E-state index is 0.0751. The van der Waals surface area contributed by atoms with Crippen LogP contribution in [0.25, 0.3) is 0 Å². The Kier molecular flexibility index (Phi) is 4.95. The Labute approximate surface area is 134 Å². The topological polar surface area (TPSA) is 81.5 Å². The van der Waals surface area contributed by atoms with E-state index in [1.807, 2.05) is 32.9 Å². The van der Waals surface area contributed by atoms with E-state index in [0.29, 0.717) is 11.4 Å². The molecule has 0 radical (unpaired) electrons. The van der Waals surface area contributed by atoms with Gasteiger partial charge < -0.3 is 10.1 Å². The third-order valence-corrected chi connectivity index (χ3v) is 3.46. The molecule has 6 heteroatoms. The number of anilines is 1. The van der Waals surface area contributed by atoms with Crippen LogP contribution in [-0.2, 0) is 4.79 Å². The molecular formula is C17H18N2O4. The fraction of sp³-hybridized carbons (Fsp3) is 0.235. The molecule has 1 N–H and O–H groups in total. The third-order valence-electron chi connectivity index (χ3n) is 3.46. The maximum Gasteiger partial charge on any atom is 0.271 e. The first-order valence-corrected chi connectivity index (χ1v) is 7.12. The number of rotatable bonds is 5. The summed E-state index contributed by atoms with van der Waals surface area (Å²) < 4.78 is 5.56. The van der Waals surface area contributed by atoms with Gasteiger partial charge in [0.1, 0.15) is 5.75 Å². The summed E-state index contributed by atoms with van der Waals surface area (Å²) in [5.41, 5.74) is 3.43. The van der Waals surface area contributed by atoms with E-state index in [1.54, 1.807) is 6.07 Å². The van der Waals surface area contributed by atoms with Crippen molar-refractivity contribution in [2.45, 2.75) is 20.8 Å². The Morgan fingerprint density at radius 2 is 1.96 bits per heavy atom. The van der Waals surface area contributed by atoms with Crippen molar-refractivity contribution in [3.8, 4) is 5.75 Å². The van der Waals surface area contributed by atoms with Crippen LogP contribution in [-0.4, -0.2) is 17.4 Å². The molecule has 2 aromatic carbocycles. The van der Waals surface area contributed by atoms with Gasteiger partial charge in [0.2, 0.25) is 0 Å². The Hall–Kier alpha value is -2.89. The smallest absolute Gasteiger partial charge is 0.271 e. The molecule has 0 saturated carbocycles. The lowest BCUT2D eigenvalue weighted by Crippen LogP contribution is -2.20. The van der Waals surface area contributed by atoms with E-state index in [2.05, 4.69) is 5.32 Å². The molecule has 0 atom stereocenters. The fourth-order valence-electron chi connectivity index (χ4n) is 2.19. The van der Waals surface area contributed by atoms with Gasteiger partial charge in [0.15, 0.2) is 6.61 Å². The van der Waals surface area contributed by atoms with Crippen molar-refractivity contribution in [1.29, 1.82) is 0 Å². The van der Waals surface area contributed by atoms with Crippen LogP contribution >= 0.6 is 0 Å². The van der Waals surface area contributed by atoms with Gasteiger partial charge in [-0.15, -0.1) is 0 Å². The second kappa shape index (κ2) is 6.91. The van der Waals surface area contributed by atoms with Crippen molar-refractivity contribution in [3.63, 3.8) is 0 Å². The van der Waals surface area contributed by atoms with Crippen molar-refractivity contribution >= 4 is 17.3 Å². The number of aryl methyl sites for hydroxylation is 2. The number of nitrogens with one attached hydrogen (secondary N) is 1. The predicted octanol–water partition coefficient (Wildman–Crippen LogP) is 3.54. The fourth-order valence-corrected chi connectivity index (χ4v) is 2.19. The SMILES string of the molecule is Cc1cc(C)c(C)c(OCC(=O)Nc2cccc([N+](=O)[O-])c2)c1. The van der Waals surface area contributed by atoms with Crippen molar-refractivity contribution < 1.29 is 14.5 Å². The van der Waals surface area contributed by atoms with Crippen LogP contribution in [0, 0.1) is 30.9 Å². The molecule has 6 nitrogen and oxygen atoms in total. The summed E-state index contributed by atoms with van der Waals surface area (Å²) in [5, 5.41) is 13.3. The Balaban J connectivity index is 2.01. The van der Waals surface area contributed by atoms with Gasteiger partial charge in [-0.05, 0) is 49.6 Å². The molecule has 0 unspecified atom stereocenters. The molecule has 23 heavy (non-hydrogen) atoms. The summed E-state index contributed by atoms with van der Waals surface area (Å²) in [6.45, 7) is 5.72. The van der Waals surface area contributed by atoms with Crippen LogP contribution in [0.5, 0.6) is 5.75 Å². The molecule has 0 bridgehead atoms. The summed E-state index contributed by atoms with van der Waals surface area (Å²) in [5.74, 6) is 0.292. The van der Waals surface area contributed by atoms with Gasteiger partial charge in [-0.2, -0.15) is 0 Å². The standard InChI is InChI=1S/C17H18N2O4/c1-11-7-12(2)13(3)16(8-11)23-10-17(20)18-14-5-4-6-15(9-14)19(21)22/h4-9H,10H2,1-3H3,(H,18,20). The highest BCUT2D eigenvalue weighted by Gasteiger charge is 2.10. The largest absolute Gasteiger partial charge is 0.483 e. The summed E-state index contributed by atoms with van der Waals surface area (Å²) >= 11 is 0. The highest BCUT2D eigenvalue weighted by atomic mass is 16.6. The lowest BCUT2D eigenvalue weighted by Gasteiger charge is -2.12. The molecule has 0 aliphatic heterocycles. The molecule has 120 valence electrons. The zero-order valence-corrected chi connectivity index (χ0v) is 13.3. The number of amides is 1. The quantitative estimate of drug-likeness (QED) is 0.676.